The van der Waals surface area contributed by atoms with E-state index in [0.717, 1.165) is 16.7 Å². The van der Waals surface area contributed by atoms with Crippen molar-refractivity contribution in [2.45, 2.75) is 6.42 Å². The van der Waals surface area contributed by atoms with E-state index in [-0.39, 0.29) is 0 Å². The van der Waals surface area contributed by atoms with Gasteiger partial charge >= 0.3 is 0 Å². The summed E-state index contributed by atoms with van der Waals surface area (Å²) in [5, 5.41) is 0. The number of benzene rings is 1. The van der Waals surface area contributed by atoms with Crippen molar-refractivity contribution in [3.8, 4) is 0 Å². The lowest BCUT2D eigenvalue weighted by molar-refractivity contribution is 0.887. The fraction of sp³-hybridized carbons (Fsp3) is 0.308. The van der Waals surface area contributed by atoms with Gasteiger partial charge in [0.25, 0.3) is 0 Å². The molecule has 4 heteroatoms. The van der Waals surface area contributed by atoms with Crippen molar-refractivity contribution in [1.29, 1.82) is 0 Å². The molecule has 0 fully saturated rings. The van der Waals surface area contributed by atoms with Gasteiger partial charge in [0.15, 0.2) is 0 Å². The van der Waals surface area contributed by atoms with Crippen molar-refractivity contribution in [2.75, 3.05) is 19.0 Å². The first-order valence-corrected chi connectivity index (χ1v) is 6.29. The summed E-state index contributed by atoms with van der Waals surface area (Å²) in [6.45, 7) is 0. The van der Waals surface area contributed by atoms with Crippen molar-refractivity contribution in [1.82, 2.24) is 9.55 Å². The van der Waals surface area contributed by atoms with Gasteiger partial charge in [0.05, 0.1) is 12.0 Å². The minimum Gasteiger partial charge on any atom is -0.378 e. The number of aromatic nitrogens is 2. The molecular weight excluding hydrogens is 278 g/mol. The maximum atomic E-state index is 4.37. The van der Waals surface area contributed by atoms with Gasteiger partial charge in [-0.05, 0) is 33.6 Å². The molecule has 2 rings (SSSR count). The van der Waals surface area contributed by atoms with E-state index in [1.165, 1.54) is 11.3 Å². The average Bonchev–Trinajstić information content (AvgIpc) is 2.62. The first-order valence-electron chi connectivity index (χ1n) is 5.50. The fourth-order valence-corrected chi connectivity index (χ4v) is 2.02. The van der Waals surface area contributed by atoms with E-state index in [4.69, 9.17) is 0 Å². The molecule has 90 valence electrons. The van der Waals surface area contributed by atoms with Crippen molar-refractivity contribution in [3.05, 3.63) is 46.5 Å². The Balaban J connectivity index is 2.17. The number of nitrogens with zero attached hydrogens (tertiary/aromatic N) is 3. The molecule has 0 radical (unpaired) electrons. The Morgan fingerprint density at radius 2 is 1.88 bits per heavy atom. The number of hydrogen-bond donors (Lipinski definition) is 0. The van der Waals surface area contributed by atoms with Gasteiger partial charge in [-0.15, -0.1) is 0 Å². The van der Waals surface area contributed by atoms with Crippen molar-refractivity contribution in [2.24, 2.45) is 7.05 Å². The third-order valence-corrected chi connectivity index (χ3v) is 3.78. The molecule has 0 saturated carbocycles. The van der Waals surface area contributed by atoms with Gasteiger partial charge in [0, 0.05) is 33.3 Å². The van der Waals surface area contributed by atoms with Crippen LogP contribution in [0.5, 0.6) is 0 Å². The Kier molecular flexibility index (Phi) is 3.52. The molecule has 0 N–H and O–H groups in total. The lowest BCUT2D eigenvalue weighted by atomic mass is 10.1. The van der Waals surface area contributed by atoms with Gasteiger partial charge in [0.2, 0.25) is 0 Å². The molecule has 2 aromatic rings. The molecular formula is C13H16BrN3. The zero-order chi connectivity index (χ0) is 12.4. The zero-order valence-electron chi connectivity index (χ0n) is 10.3. The molecule has 1 aromatic carbocycles. The number of hydrogen-bond acceptors (Lipinski definition) is 2. The number of aryl methyl sites for hydroxylation is 1. The molecule has 0 atom stereocenters. The van der Waals surface area contributed by atoms with Crippen LogP contribution in [-0.4, -0.2) is 23.6 Å². The molecule has 0 unspecified atom stereocenters. The van der Waals surface area contributed by atoms with Crippen LogP contribution in [0.25, 0.3) is 0 Å². The summed E-state index contributed by atoms with van der Waals surface area (Å²) in [6, 6.07) is 8.56. The molecule has 0 amide bonds. The van der Waals surface area contributed by atoms with E-state index < -0.39 is 0 Å². The highest BCUT2D eigenvalue weighted by Gasteiger charge is 2.06. The van der Waals surface area contributed by atoms with E-state index in [1.54, 1.807) is 0 Å². The van der Waals surface area contributed by atoms with Crippen LogP contribution < -0.4 is 4.90 Å². The van der Waals surface area contributed by atoms with E-state index in [0.29, 0.717) is 0 Å². The summed E-state index contributed by atoms with van der Waals surface area (Å²) in [6.07, 6.45) is 2.68. The van der Waals surface area contributed by atoms with Crippen molar-refractivity contribution < 1.29 is 0 Å². The molecule has 17 heavy (non-hydrogen) atoms. The van der Waals surface area contributed by atoms with Crippen LogP contribution in [0.2, 0.25) is 0 Å². The van der Waals surface area contributed by atoms with Gasteiger partial charge in [-0.1, -0.05) is 12.1 Å². The monoisotopic (exact) mass is 293 g/mol. The summed E-state index contributed by atoms with van der Waals surface area (Å²) in [5.41, 5.74) is 3.56. The van der Waals surface area contributed by atoms with Crippen LogP contribution in [0, 0.1) is 0 Å². The van der Waals surface area contributed by atoms with Crippen LogP contribution in [-0.2, 0) is 13.5 Å². The van der Waals surface area contributed by atoms with Crippen LogP contribution in [0.3, 0.4) is 0 Å². The molecule has 0 aliphatic rings. The summed E-state index contributed by atoms with van der Waals surface area (Å²) in [7, 11) is 6.07. The molecule has 3 nitrogen and oxygen atoms in total. The van der Waals surface area contributed by atoms with Crippen molar-refractivity contribution in [3.63, 3.8) is 0 Å². The van der Waals surface area contributed by atoms with Gasteiger partial charge in [-0.3, -0.25) is 0 Å². The Morgan fingerprint density at radius 3 is 2.35 bits per heavy atom. The van der Waals surface area contributed by atoms with E-state index >= 15 is 0 Å². The number of imidazole rings is 1. The normalized spacial score (nSPS) is 10.6. The quantitative estimate of drug-likeness (QED) is 0.868. The topological polar surface area (TPSA) is 21.1 Å². The largest absolute Gasteiger partial charge is 0.378 e. The summed E-state index contributed by atoms with van der Waals surface area (Å²) in [5.74, 6) is 0. The molecule has 0 saturated heterocycles. The first kappa shape index (κ1) is 12.2. The van der Waals surface area contributed by atoms with Gasteiger partial charge in [0.1, 0.15) is 4.60 Å². The number of rotatable bonds is 3. The summed E-state index contributed by atoms with van der Waals surface area (Å²) < 4.78 is 3.03. The fourth-order valence-electron chi connectivity index (χ4n) is 1.69. The van der Waals surface area contributed by atoms with Gasteiger partial charge in [-0.25, -0.2) is 4.98 Å². The van der Waals surface area contributed by atoms with E-state index in [1.807, 2.05) is 32.0 Å². The minimum absolute atomic E-state index is 0.856. The highest BCUT2D eigenvalue weighted by Crippen LogP contribution is 2.19. The van der Waals surface area contributed by atoms with Crippen LogP contribution in [0.1, 0.15) is 11.3 Å². The molecule has 0 aliphatic heterocycles. The maximum Gasteiger partial charge on any atom is 0.108 e. The Labute approximate surface area is 110 Å². The molecule has 0 aliphatic carbocycles. The highest BCUT2D eigenvalue weighted by atomic mass is 79.9. The average molecular weight is 294 g/mol. The Morgan fingerprint density at radius 1 is 1.24 bits per heavy atom. The second-order valence-corrected chi connectivity index (χ2v) is 5.08. The number of anilines is 1. The van der Waals surface area contributed by atoms with E-state index in [9.17, 15) is 0 Å². The SMILES string of the molecule is CN(C)c1ccc(Cc2ncn(C)c2Br)cc1. The third kappa shape index (κ3) is 2.69. The third-order valence-electron chi connectivity index (χ3n) is 2.76. The lowest BCUT2D eigenvalue weighted by Crippen LogP contribution is -2.08. The predicted molar refractivity (Wildman–Crippen MR) is 74.5 cm³/mol. The molecule has 0 spiro atoms. The Bertz CT molecular complexity index is 500. The number of halogens is 1. The van der Waals surface area contributed by atoms with Gasteiger partial charge in [-0.2, -0.15) is 0 Å². The minimum atomic E-state index is 0.856. The van der Waals surface area contributed by atoms with Crippen LogP contribution >= 0.6 is 15.9 Å². The second-order valence-electron chi connectivity index (χ2n) is 4.33. The van der Waals surface area contributed by atoms with Crippen LogP contribution in [0.4, 0.5) is 5.69 Å². The highest BCUT2D eigenvalue weighted by molar-refractivity contribution is 9.10. The summed E-state index contributed by atoms with van der Waals surface area (Å²) in [4.78, 5) is 6.47. The standard InChI is InChI=1S/C13H16BrN3/c1-16(2)11-6-4-10(5-7-11)8-12-13(14)17(3)9-15-12/h4-7,9H,8H2,1-3H3. The second kappa shape index (κ2) is 4.92. The lowest BCUT2D eigenvalue weighted by Gasteiger charge is -2.12. The van der Waals surface area contributed by atoms with Crippen molar-refractivity contribution >= 4 is 21.6 Å². The Hall–Kier alpha value is -1.29. The van der Waals surface area contributed by atoms with Crippen LogP contribution in [0.15, 0.2) is 35.2 Å². The maximum absolute atomic E-state index is 4.37. The zero-order valence-corrected chi connectivity index (χ0v) is 11.9. The molecule has 0 bridgehead atoms. The molecule has 1 aromatic heterocycles. The molecule has 1 heterocycles. The first-order chi connectivity index (χ1) is 8.08. The van der Waals surface area contributed by atoms with E-state index in [2.05, 4.69) is 50.1 Å². The smallest absolute Gasteiger partial charge is 0.108 e. The van der Waals surface area contributed by atoms with Gasteiger partial charge < -0.3 is 9.47 Å². The summed E-state index contributed by atoms with van der Waals surface area (Å²) >= 11 is 3.54. The predicted octanol–water partition coefficient (Wildman–Crippen LogP) is 2.84.